The van der Waals surface area contributed by atoms with Gasteiger partial charge in [0.05, 0.1) is 5.39 Å². The molecule has 0 amide bonds. The minimum absolute atomic E-state index is 0.432. The van der Waals surface area contributed by atoms with E-state index in [2.05, 4.69) is 0 Å². The van der Waals surface area contributed by atoms with Gasteiger partial charge in [0.1, 0.15) is 0 Å². The fourth-order valence-corrected chi connectivity index (χ4v) is 1.61. The summed E-state index contributed by atoms with van der Waals surface area (Å²) < 4.78 is 0.853. The van der Waals surface area contributed by atoms with Crippen LogP contribution in [0.25, 0.3) is 10.9 Å². The number of nitrogens with zero attached hydrogens (tertiary/aromatic N) is 1. The lowest BCUT2D eigenvalue weighted by Crippen LogP contribution is -2.26. The lowest BCUT2D eigenvalue weighted by molar-refractivity contribution is -0.577. The van der Waals surface area contributed by atoms with Crippen LogP contribution in [0, 0.1) is 5.21 Å². The van der Waals surface area contributed by atoms with Crippen LogP contribution in [0.15, 0.2) is 36.5 Å². The Hall–Kier alpha value is -1.28. The highest BCUT2D eigenvalue weighted by Gasteiger charge is 2.05. The number of rotatable bonds is 1. The third kappa shape index (κ3) is 1.33. The van der Waals surface area contributed by atoms with Crippen LogP contribution in [0.3, 0.4) is 0 Å². The fraction of sp³-hybridized carbons (Fsp3) is 0.100. The van der Waals surface area contributed by atoms with Crippen LogP contribution in [-0.4, -0.2) is 0 Å². The van der Waals surface area contributed by atoms with E-state index in [1.54, 1.807) is 12.1 Å². The molecule has 0 aliphatic heterocycles. The van der Waals surface area contributed by atoms with E-state index in [1.165, 1.54) is 6.20 Å². The van der Waals surface area contributed by atoms with Crippen molar-refractivity contribution in [1.82, 2.24) is 0 Å². The van der Waals surface area contributed by atoms with Gasteiger partial charge in [0, 0.05) is 18.0 Å². The minimum Gasteiger partial charge on any atom is -0.618 e. The Morgan fingerprint density at radius 2 is 2.00 bits per heavy atom. The van der Waals surface area contributed by atoms with Crippen molar-refractivity contribution in [2.24, 2.45) is 0 Å². The van der Waals surface area contributed by atoms with Crippen molar-refractivity contribution in [3.8, 4) is 0 Å². The zero-order chi connectivity index (χ0) is 9.26. The highest BCUT2D eigenvalue weighted by atomic mass is 35.5. The molecule has 13 heavy (non-hydrogen) atoms. The quantitative estimate of drug-likeness (QED) is 0.388. The summed E-state index contributed by atoms with van der Waals surface area (Å²) >= 11 is 5.75. The second-order valence-corrected chi connectivity index (χ2v) is 3.08. The maximum Gasteiger partial charge on any atom is 0.224 e. The topological polar surface area (TPSA) is 26.9 Å². The number of alkyl halides is 1. The Morgan fingerprint density at radius 3 is 2.77 bits per heavy atom. The molecule has 2 aromatic rings. The number of para-hydroxylation sites is 1. The third-order valence-electron chi connectivity index (χ3n) is 2.04. The molecule has 0 spiro atoms. The van der Waals surface area contributed by atoms with Gasteiger partial charge in [-0.1, -0.05) is 12.1 Å². The summed E-state index contributed by atoms with van der Waals surface area (Å²) in [6.07, 6.45) is 1.49. The largest absolute Gasteiger partial charge is 0.618 e. The van der Waals surface area contributed by atoms with Crippen molar-refractivity contribution in [2.45, 2.75) is 5.88 Å². The first-order valence-corrected chi connectivity index (χ1v) is 4.52. The van der Waals surface area contributed by atoms with Gasteiger partial charge in [-0.15, -0.1) is 11.6 Å². The molecule has 0 radical (unpaired) electrons. The summed E-state index contributed by atoms with van der Waals surface area (Å²) in [4.78, 5) is 0. The average molecular weight is 194 g/mol. The van der Waals surface area contributed by atoms with Gasteiger partial charge in [0.25, 0.3) is 0 Å². The van der Waals surface area contributed by atoms with Gasteiger partial charge in [-0.3, -0.25) is 0 Å². The van der Waals surface area contributed by atoms with Gasteiger partial charge in [0.15, 0.2) is 6.20 Å². The van der Waals surface area contributed by atoms with Crippen molar-refractivity contribution in [2.75, 3.05) is 0 Å². The number of halogens is 1. The zero-order valence-corrected chi connectivity index (χ0v) is 7.66. The summed E-state index contributed by atoms with van der Waals surface area (Å²) in [5, 5.41) is 12.2. The molecule has 0 saturated carbocycles. The van der Waals surface area contributed by atoms with Crippen LogP contribution in [0.2, 0.25) is 0 Å². The second-order valence-electron chi connectivity index (χ2n) is 2.82. The number of aromatic nitrogens is 1. The number of hydrogen-bond acceptors (Lipinski definition) is 1. The molecule has 1 aromatic heterocycles. The third-order valence-corrected chi connectivity index (χ3v) is 2.33. The van der Waals surface area contributed by atoms with Crippen LogP contribution in [0.5, 0.6) is 0 Å². The predicted molar refractivity (Wildman–Crippen MR) is 52.5 cm³/mol. The first kappa shape index (κ1) is 8.32. The van der Waals surface area contributed by atoms with Crippen molar-refractivity contribution in [3.63, 3.8) is 0 Å². The Kier molecular flexibility index (Phi) is 2.07. The van der Waals surface area contributed by atoms with Crippen molar-refractivity contribution in [1.29, 1.82) is 0 Å². The maximum absolute atomic E-state index is 11.3. The summed E-state index contributed by atoms with van der Waals surface area (Å²) in [6.45, 7) is 0. The van der Waals surface area contributed by atoms with Gasteiger partial charge in [-0.2, -0.15) is 4.73 Å². The maximum atomic E-state index is 11.3. The van der Waals surface area contributed by atoms with Crippen molar-refractivity contribution < 1.29 is 4.73 Å². The normalized spacial score (nSPS) is 10.5. The number of hydrogen-bond donors (Lipinski definition) is 0. The molecular formula is C10H8ClNO. The van der Waals surface area contributed by atoms with Gasteiger partial charge in [-0.05, 0) is 11.6 Å². The molecule has 1 aromatic carbocycles. The number of benzene rings is 1. The molecule has 0 bridgehead atoms. The molecule has 0 unspecified atom stereocenters. The van der Waals surface area contributed by atoms with Gasteiger partial charge < -0.3 is 5.21 Å². The molecule has 3 heteroatoms. The number of fused-ring (bicyclic) bond motifs is 1. The number of pyridine rings is 1. The first-order chi connectivity index (χ1) is 6.33. The average Bonchev–Trinajstić information content (AvgIpc) is 2.19. The smallest absolute Gasteiger partial charge is 0.224 e. The first-order valence-electron chi connectivity index (χ1n) is 3.98. The standard InChI is InChI=1S/C10H8ClNO/c11-7-8-5-6-12(13)10-4-2-1-3-9(8)10/h1-6H,7H2. The van der Waals surface area contributed by atoms with E-state index in [-0.39, 0.29) is 0 Å². The van der Waals surface area contributed by atoms with Gasteiger partial charge in [0.2, 0.25) is 5.52 Å². The lowest BCUT2D eigenvalue weighted by Gasteiger charge is -2.03. The highest BCUT2D eigenvalue weighted by molar-refractivity contribution is 6.17. The molecule has 66 valence electrons. The van der Waals surface area contributed by atoms with Crippen LogP contribution in [0.4, 0.5) is 0 Å². The van der Waals surface area contributed by atoms with E-state index in [0.29, 0.717) is 11.4 Å². The van der Waals surface area contributed by atoms with Crippen LogP contribution in [-0.2, 0) is 5.88 Å². The molecule has 0 aliphatic carbocycles. The molecule has 2 nitrogen and oxygen atoms in total. The van der Waals surface area contributed by atoms with Crippen LogP contribution >= 0.6 is 11.6 Å². The van der Waals surface area contributed by atoms with E-state index >= 15 is 0 Å². The van der Waals surface area contributed by atoms with Crippen molar-refractivity contribution in [3.05, 3.63) is 47.3 Å². The fourth-order valence-electron chi connectivity index (χ4n) is 1.38. The van der Waals surface area contributed by atoms with Gasteiger partial charge in [-0.25, -0.2) is 0 Å². The Morgan fingerprint density at radius 1 is 1.23 bits per heavy atom. The molecule has 0 fully saturated rings. The SMILES string of the molecule is [O-][n+]1ccc(CCl)c2ccccc21. The van der Waals surface area contributed by atoms with E-state index in [0.717, 1.165) is 15.7 Å². The lowest BCUT2D eigenvalue weighted by atomic mass is 10.1. The summed E-state index contributed by atoms with van der Waals surface area (Å²) in [5.41, 5.74) is 1.66. The van der Waals surface area contributed by atoms with E-state index < -0.39 is 0 Å². The van der Waals surface area contributed by atoms with Crippen molar-refractivity contribution >= 4 is 22.5 Å². The Bertz CT molecular complexity index is 442. The molecule has 0 N–H and O–H groups in total. The minimum atomic E-state index is 0.432. The molecule has 1 heterocycles. The van der Waals surface area contributed by atoms with E-state index in [4.69, 9.17) is 11.6 Å². The summed E-state index contributed by atoms with van der Waals surface area (Å²) in [5.74, 6) is 0.432. The monoisotopic (exact) mass is 193 g/mol. The molecule has 0 saturated heterocycles. The van der Waals surface area contributed by atoms with E-state index in [9.17, 15) is 5.21 Å². The predicted octanol–water partition coefficient (Wildman–Crippen LogP) is 2.21. The Balaban J connectivity index is 2.84. The second kappa shape index (κ2) is 3.23. The molecule has 0 aliphatic rings. The molecular weight excluding hydrogens is 186 g/mol. The van der Waals surface area contributed by atoms with Gasteiger partial charge >= 0.3 is 0 Å². The van der Waals surface area contributed by atoms with Crippen LogP contribution < -0.4 is 4.73 Å². The van der Waals surface area contributed by atoms with Crippen LogP contribution in [0.1, 0.15) is 5.56 Å². The molecule has 2 rings (SSSR count). The zero-order valence-electron chi connectivity index (χ0n) is 6.90. The summed E-state index contributed by atoms with van der Waals surface area (Å²) in [6, 6.07) is 9.19. The summed E-state index contributed by atoms with van der Waals surface area (Å²) in [7, 11) is 0. The Labute approximate surface area is 81.0 Å². The molecule has 0 atom stereocenters. The highest BCUT2D eigenvalue weighted by Crippen LogP contribution is 2.16. The van der Waals surface area contributed by atoms with E-state index in [1.807, 2.05) is 18.2 Å².